The van der Waals surface area contributed by atoms with Gasteiger partial charge in [-0.05, 0) is 65.3 Å². The van der Waals surface area contributed by atoms with Crippen LogP contribution in [-0.2, 0) is 0 Å². The Morgan fingerprint density at radius 2 is 1.90 bits per heavy atom. The summed E-state index contributed by atoms with van der Waals surface area (Å²) in [5, 5.41) is 0. The molecule has 2 aromatic carbocycles. The van der Waals surface area contributed by atoms with Crippen LogP contribution in [-0.4, -0.2) is 12.5 Å². The third-order valence-electron chi connectivity index (χ3n) is 2.93. The highest BCUT2D eigenvalue weighted by Gasteiger charge is 2.17. The molecule has 0 saturated heterocycles. The van der Waals surface area contributed by atoms with Crippen LogP contribution in [0, 0.1) is 5.82 Å². The van der Waals surface area contributed by atoms with Gasteiger partial charge in [-0.1, -0.05) is 0 Å². The predicted molar refractivity (Wildman–Crippen MR) is 82.3 cm³/mol. The fraction of sp³-hybridized carbons (Fsp3) is 0.133. The topological polar surface area (TPSA) is 46.3 Å². The zero-order valence-electron chi connectivity index (χ0n) is 10.9. The van der Waals surface area contributed by atoms with E-state index in [0.717, 1.165) is 5.69 Å². The molecule has 0 radical (unpaired) electrons. The lowest BCUT2D eigenvalue weighted by Crippen LogP contribution is -2.30. The van der Waals surface area contributed by atoms with Crippen molar-refractivity contribution in [3.8, 4) is 0 Å². The third kappa shape index (κ3) is 2.99. The minimum atomic E-state index is -0.392. The van der Waals surface area contributed by atoms with Gasteiger partial charge in [0, 0.05) is 23.5 Å². The van der Waals surface area contributed by atoms with E-state index in [2.05, 4.69) is 15.9 Å². The molecule has 2 aromatic rings. The van der Waals surface area contributed by atoms with E-state index >= 15 is 0 Å². The predicted octanol–water partition coefficient (Wildman–Crippen LogP) is 3.84. The summed E-state index contributed by atoms with van der Waals surface area (Å²) in [6.45, 7) is 2.39. The van der Waals surface area contributed by atoms with Crippen molar-refractivity contribution in [2.75, 3.05) is 17.2 Å². The first kappa shape index (κ1) is 14.5. The maximum Gasteiger partial charge on any atom is 0.258 e. The molecule has 0 spiro atoms. The number of hydrogen-bond acceptors (Lipinski definition) is 2. The number of carbonyl (C=O) groups excluding carboxylic acids is 1. The van der Waals surface area contributed by atoms with Gasteiger partial charge in [-0.25, -0.2) is 4.39 Å². The van der Waals surface area contributed by atoms with Crippen molar-refractivity contribution in [1.29, 1.82) is 0 Å². The second kappa shape index (κ2) is 6.05. The Balaban J connectivity index is 2.33. The highest BCUT2D eigenvalue weighted by molar-refractivity contribution is 9.10. The number of halogens is 2. The average Bonchev–Trinajstić information content (AvgIpc) is 2.44. The molecule has 3 nitrogen and oxygen atoms in total. The summed E-state index contributed by atoms with van der Waals surface area (Å²) >= 11 is 3.09. The molecule has 0 atom stereocenters. The van der Waals surface area contributed by atoms with Crippen LogP contribution >= 0.6 is 15.9 Å². The van der Waals surface area contributed by atoms with Gasteiger partial charge in [0.15, 0.2) is 0 Å². The number of carbonyl (C=O) groups is 1. The molecule has 2 N–H and O–H groups in total. The molecule has 0 heterocycles. The first-order valence-electron chi connectivity index (χ1n) is 6.15. The van der Waals surface area contributed by atoms with E-state index in [0.29, 0.717) is 17.8 Å². The van der Waals surface area contributed by atoms with Crippen molar-refractivity contribution in [2.24, 2.45) is 0 Å². The average molecular weight is 337 g/mol. The highest BCUT2D eigenvalue weighted by atomic mass is 79.9. The van der Waals surface area contributed by atoms with E-state index in [1.807, 2.05) is 6.92 Å². The van der Waals surface area contributed by atoms with E-state index in [1.54, 1.807) is 29.2 Å². The van der Waals surface area contributed by atoms with Gasteiger partial charge in [-0.2, -0.15) is 0 Å². The van der Waals surface area contributed by atoms with Gasteiger partial charge in [0.1, 0.15) is 5.82 Å². The minimum Gasteiger partial charge on any atom is -0.399 e. The van der Waals surface area contributed by atoms with Crippen LogP contribution in [0.4, 0.5) is 15.8 Å². The Hall–Kier alpha value is -1.88. The molecule has 20 heavy (non-hydrogen) atoms. The maximum atomic E-state index is 13.2. The fourth-order valence-electron chi connectivity index (χ4n) is 1.88. The van der Waals surface area contributed by atoms with Gasteiger partial charge in [0.2, 0.25) is 0 Å². The standard InChI is InChI=1S/C15H14BrFN2O/c1-2-19(12-6-4-11(18)5-7-12)15(20)10-3-8-14(17)13(16)9-10/h3-9H,2,18H2,1H3. The quantitative estimate of drug-likeness (QED) is 0.865. The van der Waals surface area contributed by atoms with Gasteiger partial charge in [0.25, 0.3) is 5.91 Å². The molecule has 104 valence electrons. The largest absolute Gasteiger partial charge is 0.399 e. The van der Waals surface area contributed by atoms with Crippen molar-refractivity contribution in [2.45, 2.75) is 6.92 Å². The summed E-state index contributed by atoms with van der Waals surface area (Å²) in [6.07, 6.45) is 0. The Morgan fingerprint density at radius 3 is 2.45 bits per heavy atom. The molecule has 0 aliphatic rings. The second-order valence-electron chi connectivity index (χ2n) is 4.27. The Bertz CT molecular complexity index is 628. The number of amides is 1. The molecular weight excluding hydrogens is 323 g/mol. The van der Waals surface area contributed by atoms with Crippen LogP contribution in [0.5, 0.6) is 0 Å². The summed E-state index contributed by atoms with van der Waals surface area (Å²) < 4.78 is 13.5. The van der Waals surface area contributed by atoms with Crippen molar-refractivity contribution in [1.82, 2.24) is 0 Å². The van der Waals surface area contributed by atoms with Gasteiger partial charge in [-0.3, -0.25) is 4.79 Å². The van der Waals surface area contributed by atoms with Gasteiger partial charge in [-0.15, -0.1) is 0 Å². The second-order valence-corrected chi connectivity index (χ2v) is 5.12. The van der Waals surface area contributed by atoms with Crippen molar-refractivity contribution in [3.05, 3.63) is 58.3 Å². The van der Waals surface area contributed by atoms with Crippen LogP contribution in [0.3, 0.4) is 0 Å². The van der Waals surface area contributed by atoms with Gasteiger partial charge < -0.3 is 10.6 Å². The third-order valence-corrected chi connectivity index (χ3v) is 3.54. The molecular formula is C15H14BrFN2O. The summed E-state index contributed by atoms with van der Waals surface area (Å²) in [7, 11) is 0. The van der Waals surface area contributed by atoms with Crippen LogP contribution in [0.25, 0.3) is 0 Å². The number of nitrogen functional groups attached to an aromatic ring is 1. The first-order valence-corrected chi connectivity index (χ1v) is 6.94. The zero-order valence-corrected chi connectivity index (χ0v) is 12.5. The van der Waals surface area contributed by atoms with E-state index in [9.17, 15) is 9.18 Å². The summed E-state index contributed by atoms with van der Waals surface area (Å²) in [4.78, 5) is 14.1. The van der Waals surface area contributed by atoms with E-state index < -0.39 is 5.82 Å². The number of benzene rings is 2. The molecule has 0 aliphatic heterocycles. The molecule has 5 heteroatoms. The summed E-state index contributed by atoms with van der Waals surface area (Å²) in [6, 6.07) is 11.3. The summed E-state index contributed by atoms with van der Waals surface area (Å²) in [5.74, 6) is -0.574. The fourth-order valence-corrected chi connectivity index (χ4v) is 2.26. The number of anilines is 2. The highest BCUT2D eigenvalue weighted by Crippen LogP contribution is 2.22. The molecule has 0 fully saturated rings. The van der Waals surface area contributed by atoms with E-state index in [1.165, 1.54) is 18.2 Å². The minimum absolute atomic E-state index is 0.182. The van der Waals surface area contributed by atoms with Crippen LogP contribution in [0.2, 0.25) is 0 Å². The summed E-state index contributed by atoms with van der Waals surface area (Å²) in [5.41, 5.74) is 7.47. The Morgan fingerprint density at radius 1 is 1.25 bits per heavy atom. The van der Waals surface area contributed by atoms with Crippen LogP contribution in [0.15, 0.2) is 46.9 Å². The van der Waals surface area contributed by atoms with E-state index in [-0.39, 0.29) is 10.4 Å². The molecule has 0 unspecified atom stereocenters. The van der Waals surface area contributed by atoms with Crippen molar-refractivity contribution < 1.29 is 9.18 Å². The smallest absolute Gasteiger partial charge is 0.258 e. The molecule has 1 amide bonds. The van der Waals surface area contributed by atoms with Crippen molar-refractivity contribution >= 4 is 33.2 Å². The molecule has 0 aromatic heterocycles. The van der Waals surface area contributed by atoms with Gasteiger partial charge >= 0.3 is 0 Å². The SMILES string of the molecule is CCN(C(=O)c1ccc(F)c(Br)c1)c1ccc(N)cc1. The maximum absolute atomic E-state index is 13.2. The molecule has 2 rings (SSSR count). The number of nitrogens with zero attached hydrogens (tertiary/aromatic N) is 1. The lowest BCUT2D eigenvalue weighted by atomic mass is 10.1. The van der Waals surface area contributed by atoms with Gasteiger partial charge in [0.05, 0.1) is 4.47 Å². The number of nitrogens with two attached hydrogens (primary N) is 1. The van der Waals surface area contributed by atoms with E-state index in [4.69, 9.17) is 5.73 Å². The Kier molecular flexibility index (Phi) is 4.39. The lowest BCUT2D eigenvalue weighted by Gasteiger charge is -2.21. The number of rotatable bonds is 3. The molecule has 0 bridgehead atoms. The monoisotopic (exact) mass is 336 g/mol. The Labute approximate surface area is 125 Å². The normalized spacial score (nSPS) is 10.3. The molecule has 0 aliphatic carbocycles. The molecule has 0 saturated carbocycles. The number of hydrogen-bond donors (Lipinski definition) is 1. The zero-order chi connectivity index (χ0) is 14.7. The first-order chi connectivity index (χ1) is 9.52. The van der Waals surface area contributed by atoms with Crippen LogP contribution in [0.1, 0.15) is 17.3 Å². The van der Waals surface area contributed by atoms with Crippen molar-refractivity contribution in [3.63, 3.8) is 0 Å². The lowest BCUT2D eigenvalue weighted by molar-refractivity contribution is 0.0988. The van der Waals surface area contributed by atoms with Crippen LogP contribution < -0.4 is 10.6 Å².